The first-order chi connectivity index (χ1) is 11.0. The van der Waals surface area contributed by atoms with Crippen molar-refractivity contribution in [1.82, 2.24) is 14.5 Å². The number of aryl methyl sites for hydroxylation is 1. The lowest BCUT2D eigenvalue weighted by molar-refractivity contribution is -0.141. The van der Waals surface area contributed by atoms with Gasteiger partial charge in [-0.25, -0.2) is 9.97 Å². The van der Waals surface area contributed by atoms with Gasteiger partial charge in [0, 0.05) is 37.9 Å². The lowest BCUT2D eigenvalue weighted by atomic mass is 9.97. The zero-order chi connectivity index (χ0) is 16.4. The minimum absolute atomic E-state index is 0.218. The molecule has 3 heterocycles. The molecule has 0 saturated carbocycles. The van der Waals surface area contributed by atoms with Crippen molar-refractivity contribution in [3.05, 3.63) is 42.1 Å². The Balaban J connectivity index is 1.81. The first-order valence-corrected chi connectivity index (χ1v) is 7.79. The van der Waals surface area contributed by atoms with Crippen LogP contribution in [0.15, 0.2) is 30.6 Å². The average Bonchev–Trinajstić information content (AvgIpc) is 3.03. The zero-order valence-electron chi connectivity index (χ0n) is 12.9. The van der Waals surface area contributed by atoms with Crippen molar-refractivity contribution in [3.8, 4) is 0 Å². The minimum Gasteiger partial charge on any atom is -0.356 e. The molecule has 0 radical (unpaired) electrons. The van der Waals surface area contributed by atoms with E-state index >= 15 is 0 Å². The molecular weight excluding hydrogens is 305 g/mol. The molecule has 2 aromatic heterocycles. The third-order valence-corrected chi connectivity index (χ3v) is 4.22. The van der Waals surface area contributed by atoms with Gasteiger partial charge in [0.05, 0.1) is 0 Å². The molecule has 0 amide bonds. The summed E-state index contributed by atoms with van der Waals surface area (Å²) in [4.78, 5) is 10.2. The predicted octanol–water partition coefficient (Wildman–Crippen LogP) is 3.70. The summed E-state index contributed by atoms with van der Waals surface area (Å²) < 4.78 is 40.6. The van der Waals surface area contributed by atoms with Crippen molar-refractivity contribution in [2.24, 2.45) is 0 Å². The van der Waals surface area contributed by atoms with Crippen LogP contribution in [0.1, 0.15) is 37.2 Å². The van der Waals surface area contributed by atoms with Crippen LogP contribution in [0.2, 0.25) is 0 Å². The third kappa shape index (κ3) is 3.33. The van der Waals surface area contributed by atoms with Gasteiger partial charge in [0.2, 0.25) is 0 Å². The molecule has 0 unspecified atom stereocenters. The smallest absolute Gasteiger partial charge is 0.356 e. The molecule has 7 heteroatoms. The fourth-order valence-corrected chi connectivity index (χ4v) is 3.10. The van der Waals surface area contributed by atoms with Crippen LogP contribution >= 0.6 is 0 Å². The number of hydrogen-bond donors (Lipinski definition) is 0. The Bertz CT molecular complexity index is 665. The minimum atomic E-state index is -4.41. The maximum absolute atomic E-state index is 12.8. The molecule has 0 N–H and O–H groups in total. The van der Waals surface area contributed by atoms with Crippen molar-refractivity contribution in [2.45, 2.75) is 38.4 Å². The molecule has 23 heavy (non-hydrogen) atoms. The Labute approximate surface area is 133 Å². The number of aromatic nitrogens is 3. The summed E-state index contributed by atoms with van der Waals surface area (Å²) in [5, 5.41) is 0. The highest BCUT2D eigenvalue weighted by Crippen LogP contribution is 2.31. The molecule has 0 spiro atoms. The van der Waals surface area contributed by atoms with Crippen molar-refractivity contribution >= 4 is 5.82 Å². The summed E-state index contributed by atoms with van der Waals surface area (Å²) in [6, 6.07) is 4.07. The van der Waals surface area contributed by atoms with E-state index in [9.17, 15) is 13.2 Å². The van der Waals surface area contributed by atoms with Gasteiger partial charge < -0.3 is 9.47 Å². The fraction of sp³-hybridized carbons (Fsp3) is 0.500. The first kappa shape index (κ1) is 15.8. The van der Waals surface area contributed by atoms with Crippen LogP contribution in [0.25, 0.3) is 0 Å². The number of imidazole rings is 1. The number of rotatable bonds is 3. The van der Waals surface area contributed by atoms with Crippen LogP contribution in [0.5, 0.6) is 0 Å². The van der Waals surface area contributed by atoms with Crippen LogP contribution < -0.4 is 4.90 Å². The van der Waals surface area contributed by atoms with E-state index in [-0.39, 0.29) is 5.92 Å². The van der Waals surface area contributed by atoms with Crippen LogP contribution in [0.3, 0.4) is 0 Å². The molecule has 1 fully saturated rings. The third-order valence-electron chi connectivity index (χ3n) is 4.22. The number of hydrogen-bond acceptors (Lipinski definition) is 3. The van der Waals surface area contributed by atoms with Crippen LogP contribution in [-0.2, 0) is 12.7 Å². The van der Waals surface area contributed by atoms with E-state index in [1.807, 2.05) is 11.1 Å². The van der Waals surface area contributed by atoms with Crippen molar-refractivity contribution in [2.75, 3.05) is 18.0 Å². The van der Waals surface area contributed by atoms with E-state index in [0.717, 1.165) is 37.8 Å². The Morgan fingerprint density at radius 2 is 2.13 bits per heavy atom. The molecule has 2 aromatic rings. The van der Waals surface area contributed by atoms with E-state index < -0.39 is 11.9 Å². The van der Waals surface area contributed by atoms with Gasteiger partial charge in [-0.1, -0.05) is 6.07 Å². The van der Waals surface area contributed by atoms with E-state index in [1.54, 1.807) is 12.3 Å². The summed E-state index contributed by atoms with van der Waals surface area (Å²) >= 11 is 0. The molecule has 1 atom stereocenters. The van der Waals surface area contributed by atoms with Gasteiger partial charge in [-0.15, -0.1) is 0 Å². The van der Waals surface area contributed by atoms with Crippen LogP contribution in [-0.4, -0.2) is 27.6 Å². The lowest BCUT2D eigenvalue weighted by Crippen LogP contribution is -2.36. The second-order valence-corrected chi connectivity index (χ2v) is 5.74. The van der Waals surface area contributed by atoms with E-state index in [0.29, 0.717) is 12.4 Å². The van der Waals surface area contributed by atoms with Gasteiger partial charge in [0.1, 0.15) is 17.3 Å². The second-order valence-electron chi connectivity index (χ2n) is 5.74. The maximum atomic E-state index is 12.8. The number of piperidine rings is 1. The molecule has 0 bridgehead atoms. The summed E-state index contributed by atoms with van der Waals surface area (Å²) in [6.07, 6.45) is 1.21. The highest BCUT2D eigenvalue weighted by Gasteiger charge is 2.33. The monoisotopic (exact) mass is 324 g/mol. The molecule has 124 valence electrons. The number of halogens is 3. The Morgan fingerprint density at radius 1 is 1.30 bits per heavy atom. The van der Waals surface area contributed by atoms with Gasteiger partial charge in [-0.05, 0) is 31.9 Å². The van der Waals surface area contributed by atoms with Crippen molar-refractivity contribution in [1.29, 1.82) is 0 Å². The van der Waals surface area contributed by atoms with Crippen molar-refractivity contribution < 1.29 is 13.2 Å². The predicted molar refractivity (Wildman–Crippen MR) is 81.3 cm³/mol. The highest BCUT2D eigenvalue weighted by molar-refractivity contribution is 5.41. The Hall–Kier alpha value is -2.05. The number of nitrogens with zero attached hydrogens (tertiary/aromatic N) is 4. The molecule has 0 aliphatic carbocycles. The first-order valence-electron chi connectivity index (χ1n) is 7.79. The molecule has 0 aromatic carbocycles. The Morgan fingerprint density at radius 3 is 2.87 bits per heavy atom. The molecule has 4 nitrogen and oxygen atoms in total. The topological polar surface area (TPSA) is 34.0 Å². The quantitative estimate of drug-likeness (QED) is 0.863. The summed E-state index contributed by atoms with van der Waals surface area (Å²) in [5.41, 5.74) is -0.841. The molecule has 1 aliphatic heterocycles. The summed E-state index contributed by atoms with van der Waals surface area (Å²) in [6.45, 7) is 4.26. The maximum Gasteiger partial charge on any atom is 0.433 e. The van der Waals surface area contributed by atoms with Gasteiger partial charge in [0.15, 0.2) is 0 Å². The average molecular weight is 324 g/mol. The fourth-order valence-electron chi connectivity index (χ4n) is 3.10. The van der Waals surface area contributed by atoms with E-state index in [1.165, 1.54) is 6.07 Å². The van der Waals surface area contributed by atoms with E-state index in [4.69, 9.17) is 0 Å². The van der Waals surface area contributed by atoms with Gasteiger partial charge in [-0.3, -0.25) is 0 Å². The van der Waals surface area contributed by atoms with Gasteiger partial charge >= 0.3 is 6.18 Å². The second kappa shape index (κ2) is 6.22. The number of pyridine rings is 1. The van der Waals surface area contributed by atoms with Crippen LogP contribution in [0.4, 0.5) is 19.0 Å². The standard InChI is InChI=1S/C16H19F3N4/c1-2-22-10-8-20-15(22)12-5-4-9-23(11-12)14-7-3-6-13(21-14)16(17,18)19/h3,6-8,10,12H,2,4-5,9,11H2,1H3/t12-/m0/s1. The number of anilines is 1. The molecule has 1 saturated heterocycles. The normalized spacial score (nSPS) is 19.1. The lowest BCUT2D eigenvalue weighted by Gasteiger charge is -2.33. The number of alkyl halides is 3. The van der Waals surface area contributed by atoms with Gasteiger partial charge in [0.25, 0.3) is 0 Å². The summed E-state index contributed by atoms with van der Waals surface area (Å²) in [7, 11) is 0. The molecule has 1 aliphatic rings. The largest absolute Gasteiger partial charge is 0.433 e. The van der Waals surface area contributed by atoms with Gasteiger partial charge in [-0.2, -0.15) is 13.2 Å². The summed E-state index contributed by atoms with van der Waals surface area (Å²) in [5.74, 6) is 1.61. The van der Waals surface area contributed by atoms with Crippen molar-refractivity contribution in [3.63, 3.8) is 0 Å². The molecule has 3 rings (SSSR count). The zero-order valence-corrected chi connectivity index (χ0v) is 12.9. The Kier molecular flexibility index (Phi) is 4.28. The van der Waals surface area contributed by atoms with E-state index in [2.05, 4.69) is 21.5 Å². The van der Waals surface area contributed by atoms with Crippen LogP contribution in [0, 0.1) is 0 Å². The SMILES string of the molecule is CCn1ccnc1[C@H]1CCCN(c2cccc(C(F)(F)F)n2)C1. The highest BCUT2D eigenvalue weighted by atomic mass is 19.4. The molecular formula is C16H19F3N4.